The molecule has 0 aliphatic rings. The maximum atomic E-state index is 6.59. The first kappa shape index (κ1) is 29.4. The van der Waals surface area contributed by atoms with E-state index < -0.39 is 0 Å². The Kier molecular flexibility index (Phi) is 6.09. The van der Waals surface area contributed by atoms with E-state index in [0.717, 1.165) is 55.0 Å². The monoisotopic (exact) mass is 686 g/mol. The molecule has 0 aliphatic heterocycles. The van der Waals surface area contributed by atoms with Crippen LogP contribution in [0.15, 0.2) is 191 Å². The third kappa shape index (κ3) is 4.22. The van der Waals surface area contributed by atoms with Gasteiger partial charge >= 0.3 is 0 Å². The van der Waals surface area contributed by atoms with Gasteiger partial charge in [-0.15, -0.1) is 0 Å². The molecule has 2 nitrogen and oxygen atoms in total. The van der Waals surface area contributed by atoms with Crippen LogP contribution in [-0.4, -0.2) is 0 Å². The van der Waals surface area contributed by atoms with Gasteiger partial charge in [0.1, 0.15) is 22.3 Å². The number of furan rings is 2. The standard InChI is InChI=1S/C52H30O2/c1-2-10-31(11-3-1)48-38-12-4-6-14-40(38)49(41-15-7-5-13-39(41)48)37-21-20-33-28-34(18-19-35(33)29-37)36-22-25-43-47(30-36)54-46-27-24-32-23-26-45-51(50(32)52(43)46)42-16-8-9-17-44(42)53-45/h1-30H. The minimum atomic E-state index is 0.882. The number of rotatable bonds is 3. The summed E-state index contributed by atoms with van der Waals surface area (Å²) in [6, 6.07) is 65.6. The second-order valence-electron chi connectivity index (χ2n) is 14.4. The van der Waals surface area contributed by atoms with Crippen LogP contribution in [0.4, 0.5) is 0 Å². The molecule has 54 heavy (non-hydrogen) atoms. The average Bonchev–Trinajstić information content (AvgIpc) is 3.81. The fourth-order valence-corrected chi connectivity index (χ4v) is 9.01. The normalized spacial score (nSPS) is 12.1. The molecule has 2 aromatic heterocycles. The minimum Gasteiger partial charge on any atom is -0.456 e. The first-order chi connectivity index (χ1) is 26.8. The van der Waals surface area contributed by atoms with Crippen molar-refractivity contribution in [2.24, 2.45) is 0 Å². The van der Waals surface area contributed by atoms with Crippen molar-refractivity contribution in [3.05, 3.63) is 182 Å². The van der Waals surface area contributed by atoms with Crippen molar-refractivity contribution < 1.29 is 8.83 Å². The number of fused-ring (bicyclic) bond motifs is 12. The average molecular weight is 687 g/mol. The van der Waals surface area contributed by atoms with Crippen molar-refractivity contribution in [1.29, 1.82) is 0 Å². The molecule has 2 heterocycles. The molecular weight excluding hydrogens is 657 g/mol. The summed E-state index contributed by atoms with van der Waals surface area (Å²) in [5.74, 6) is 0. The smallest absolute Gasteiger partial charge is 0.136 e. The molecule has 0 unspecified atom stereocenters. The third-order valence-electron chi connectivity index (χ3n) is 11.4. The van der Waals surface area contributed by atoms with Crippen LogP contribution in [0.25, 0.3) is 120 Å². The zero-order chi connectivity index (χ0) is 35.3. The van der Waals surface area contributed by atoms with Crippen molar-refractivity contribution in [1.82, 2.24) is 0 Å². The van der Waals surface area contributed by atoms with E-state index in [0.29, 0.717) is 0 Å². The van der Waals surface area contributed by atoms with Gasteiger partial charge in [0.05, 0.1) is 0 Å². The van der Waals surface area contributed by atoms with Crippen molar-refractivity contribution in [3.63, 3.8) is 0 Å². The lowest BCUT2D eigenvalue weighted by atomic mass is 9.85. The van der Waals surface area contributed by atoms with Crippen molar-refractivity contribution in [2.75, 3.05) is 0 Å². The highest BCUT2D eigenvalue weighted by molar-refractivity contribution is 6.31. The summed E-state index contributed by atoms with van der Waals surface area (Å²) in [4.78, 5) is 0. The van der Waals surface area contributed by atoms with Crippen LogP contribution in [0.5, 0.6) is 0 Å². The van der Waals surface area contributed by atoms with E-state index >= 15 is 0 Å². The Labute approximate surface area is 310 Å². The van der Waals surface area contributed by atoms with Crippen LogP contribution in [-0.2, 0) is 0 Å². The lowest BCUT2D eigenvalue weighted by molar-refractivity contribution is 0.669. The summed E-state index contributed by atoms with van der Waals surface area (Å²) >= 11 is 0. The third-order valence-corrected chi connectivity index (χ3v) is 11.4. The Balaban J connectivity index is 0.994. The zero-order valence-electron chi connectivity index (χ0n) is 29.1. The molecule has 0 saturated heterocycles. The summed E-state index contributed by atoms with van der Waals surface area (Å²) in [6.45, 7) is 0. The van der Waals surface area contributed by atoms with E-state index in [1.807, 2.05) is 12.1 Å². The molecule has 250 valence electrons. The van der Waals surface area contributed by atoms with Gasteiger partial charge in [-0.05, 0) is 114 Å². The van der Waals surface area contributed by atoms with Gasteiger partial charge in [0.25, 0.3) is 0 Å². The molecule has 10 aromatic carbocycles. The highest BCUT2D eigenvalue weighted by Gasteiger charge is 2.19. The molecule has 2 heteroatoms. The van der Waals surface area contributed by atoms with Crippen molar-refractivity contribution in [3.8, 4) is 33.4 Å². The molecule has 0 spiro atoms. The van der Waals surface area contributed by atoms with E-state index in [4.69, 9.17) is 8.83 Å². The zero-order valence-corrected chi connectivity index (χ0v) is 29.1. The Morgan fingerprint density at radius 2 is 0.704 bits per heavy atom. The Bertz CT molecular complexity index is 3430. The summed E-state index contributed by atoms with van der Waals surface area (Å²) in [5.41, 5.74) is 10.9. The molecule has 0 N–H and O–H groups in total. The van der Waals surface area contributed by atoms with Crippen LogP contribution >= 0.6 is 0 Å². The van der Waals surface area contributed by atoms with Gasteiger partial charge in [0.2, 0.25) is 0 Å². The largest absolute Gasteiger partial charge is 0.456 e. The van der Waals surface area contributed by atoms with E-state index in [-0.39, 0.29) is 0 Å². The predicted molar refractivity (Wildman–Crippen MR) is 227 cm³/mol. The molecule has 0 fully saturated rings. The quantitative estimate of drug-likeness (QED) is 0.173. The molecule has 0 aliphatic carbocycles. The Morgan fingerprint density at radius 1 is 0.241 bits per heavy atom. The summed E-state index contributed by atoms with van der Waals surface area (Å²) in [7, 11) is 0. The van der Waals surface area contributed by atoms with Crippen molar-refractivity contribution in [2.45, 2.75) is 0 Å². The van der Waals surface area contributed by atoms with Gasteiger partial charge in [-0.25, -0.2) is 0 Å². The second kappa shape index (κ2) is 11.2. The van der Waals surface area contributed by atoms with Crippen LogP contribution in [0, 0.1) is 0 Å². The van der Waals surface area contributed by atoms with Gasteiger partial charge < -0.3 is 8.83 Å². The molecule has 0 atom stereocenters. The van der Waals surface area contributed by atoms with E-state index in [1.54, 1.807) is 0 Å². The van der Waals surface area contributed by atoms with E-state index in [9.17, 15) is 0 Å². The lowest BCUT2D eigenvalue weighted by Crippen LogP contribution is -1.90. The molecule has 0 radical (unpaired) electrons. The topological polar surface area (TPSA) is 26.3 Å². The predicted octanol–water partition coefficient (Wildman–Crippen LogP) is 15.1. The van der Waals surface area contributed by atoms with Gasteiger partial charge in [-0.1, -0.05) is 140 Å². The van der Waals surface area contributed by atoms with Crippen LogP contribution < -0.4 is 0 Å². The van der Waals surface area contributed by atoms with E-state index in [2.05, 4.69) is 170 Å². The van der Waals surface area contributed by atoms with Crippen LogP contribution in [0.3, 0.4) is 0 Å². The van der Waals surface area contributed by atoms with Gasteiger partial charge in [-0.2, -0.15) is 0 Å². The number of benzene rings is 10. The first-order valence-corrected chi connectivity index (χ1v) is 18.5. The number of hydrogen-bond acceptors (Lipinski definition) is 2. The maximum Gasteiger partial charge on any atom is 0.136 e. The molecule has 0 amide bonds. The molecule has 0 saturated carbocycles. The Morgan fingerprint density at radius 3 is 1.37 bits per heavy atom. The van der Waals surface area contributed by atoms with Gasteiger partial charge in [0.15, 0.2) is 0 Å². The lowest BCUT2D eigenvalue weighted by Gasteiger charge is -2.18. The summed E-state index contributed by atoms with van der Waals surface area (Å²) in [5, 5.41) is 14.3. The fourth-order valence-electron chi connectivity index (χ4n) is 9.01. The minimum absolute atomic E-state index is 0.882. The highest BCUT2D eigenvalue weighted by Crippen LogP contribution is 2.45. The van der Waals surface area contributed by atoms with Gasteiger partial charge in [-0.3, -0.25) is 0 Å². The summed E-state index contributed by atoms with van der Waals surface area (Å²) < 4.78 is 12.9. The molecule has 0 bridgehead atoms. The van der Waals surface area contributed by atoms with Crippen molar-refractivity contribution >= 4 is 87.0 Å². The summed E-state index contributed by atoms with van der Waals surface area (Å²) in [6.07, 6.45) is 0. The van der Waals surface area contributed by atoms with E-state index in [1.165, 1.54) is 65.3 Å². The highest BCUT2D eigenvalue weighted by atomic mass is 16.3. The molecule has 12 aromatic rings. The SMILES string of the molecule is c1ccc(-c2c3ccccc3c(-c3ccc4cc(-c5ccc6c(c5)oc5ccc7ccc8oc9ccccc9c8c7c56)ccc4c3)c3ccccc23)cc1. The molecule has 12 rings (SSSR count). The van der Waals surface area contributed by atoms with Crippen LogP contribution in [0.2, 0.25) is 0 Å². The maximum absolute atomic E-state index is 6.59. The Hall–Kier alpha value is -7.16. The van der Waals surface area contributed by atoms with Crippen LogP contribution in [0.1, 0.15) is 0 Å². The number of para-hydroxylation sites is 1. The fraction of sp³-hybridized carbons (Fsp3) is 0. The first-order valence-electron chi connectivity index (χ1n) is 18.5. The number of hydrogen-bond donors (Lipinski definition) is 0. The second-order valence-corrected chi connectivity index (χ2v) is 14.4. The molecular formula is C52H30O2. The van der Waals surface area contributed by atoms with Gasteiger partial charge in [0, 0.05) is 26.9 Å².